The lowest BCUT2D eigenvalue weighted by molar-refractivity contribution is -0.387. The minimum Gasteiger partial charge on any atom is -0.465 e. The van der Waals surface area contributed by atoms with Crippen molar-refractivity contribution in [2.24, 2.45) is 5.92 Å². The van der Waals surface area contributed by atoms with Gasteiger partial charge < -0.3 is 14.8 Å². The summed E-state index contributed by atoms with van der Waals surface area (Å²) in [5, 5.41) is 25.9. The molecule has 1 fully saturated rings. The van der Waals surface area contributed by atoms with E-state index in [1.807, 2.05) is 0 Å². The lowest BCUT2D eigenvalue weighted by atomic mass is 9.77. The fraction of sp³-hybridized carbons (Fsp3) is 0.212. The highest BCUT2D eigenvalue weighted by molar-refractivity contribution is 8.00. The zero-order valence-corrected chi connectivity index (χ0v) is 25.8. The molecule has 234 valence electrons. The Kier molecular flexibility index (Phi) is 8.65. The van der Waals surface area contributed by atoms with Crippen molar-refractivity contribution in [1.82, 2.24) is 0 Å². The van der Waals surface area contributed by atoms with Gasteiger partial charge in [0.2, 0.25) is 0 Å². The molecule has 13 heteroatoms. The van der Waals surface area contributed by atoms with Crippen LogP contribution in [0.25, 0.3) is 0 Å². The van der Waals surface area contributed by atoms with Gasteiger partial charge in [0.15, 0.2) is 0 Å². The van der Waals surface area contributed by atoms with Gasteiger partial charge in [0, 0.05) is 35.1 Å². The molecule has 4 aromatic carbocycles. The number of hydrogen-bond acceptors (Lipinski definition) is 10. The number of carbonyl (C=O) groups is 2. The fourth-order valence-electron chi connectivity index (χ4n) is 6.24. The topological polar surface area (TPSA) is 151 Å². The zero-order chi connectivity index (χ0) is 32.5. The first-order valence-electron chi connectivity index (χ1n) is 14.2. The minimum absolute atomic E-state index is 0.00560. The highest BCUT2D eigenvalue weighted by Gasteiger charge is 2.50. The van der Waals surface area contributed by atoms with Crippen LogP contribution in [0.5, 0.6) is 5.75 Å². The Hall–Kier alpha value is -4.94. The fourth-order valence-corrected chi connectivity index (χ4v) is 8.18. The van der Waals surface area contributed by atoms with Crippen LogP contribution in [0.4, 0.5) is 17.1 Å². The van der Waals surface area contributed by atoms with E-state index in [9.17, 15) is 29.8 Å². The molecular weight excluding hydrogens is 634 g/mol. The molecule has 1 N–H and O–H groups in total. The molecule has 0 unspecified atom stereocenters. The van der Waals surface area contributed by atoms with Crippen molar-refractivity contribution in [2.45, 2.75) is 33.9 Å². The third-order valence-corrected chi connectivity index (χ3v) is 10.5. The zero-order valence-electron chi connectivity index (χ0n) is 24.2. The van der Waals surface area contributed by atoms with Crippen molar-refractivity contribution < 1.29 is 28.9 Å². The quantitative estimate of drug-likeness (QED) is 0.0660. The van der Waals surface area contributed by atoms with Gasteiger partial charge in [0.1, 0.15) is 11.3 Å². The Balaban J connectivity index is 1.36. The van der Waals surface area contributed by atoms with E-state index in [0.29, 0.717) is 11.3 Å². The number of anilines is 1. The molecule has 0 amide bonds. The molecule has 0 aromatic heterocycles. The molecular formula is C33H26ClN3O8S. The van der Waals surface area contributed by atoms with Gasteiger partial charge in [-0.25, -0.2) is 9.59 Å². The van der Waals surface area contributed by atoms with Gasteiger partial charge in [0.25, 0.3) is 11.4 Å². The second kappa shape index (κ2) is 12.8. The van der Waals surface area contributed by atoms with Gasteiger partial charge in [-0.1, -0.05) is 36.4 Å². The van der Waals surface area contributed by atoms with E-state index >= 15 is 0 Å². The average molecular weight is 660 g/mol. The van der Waals surface area contributed by atoms with Gasteiger partial charge >= 0.3 is 11.9 Å². The van der Waals surface area contributed by atoms with Crippen LogP contribution in [0, 0.1) is 26.1 Å². The summed E-state index contributed by atoms with van der Waals surface area (Å²) in [5.41, 5.74) is 2.66. The van der Waals surface area contributed by atoms with E-state index < -0.39 is 27.2 Å². The summed E-state index contributed by atoms with van der Waals surface area (Å²) in [6.07, 6.45) is 0.574. The van der Waals surface area contributed by atoms with Crippen molar-refractivity contribution in [3.63, 3.8) is 0 Å². The third kappa shape index (κ3) is 5.88. The molecule has 11 nitrogen and oxygen atoms in total. The molecule has 46 heavy (non-hydrogen) atoms. The molecule has 6 rings (SSSR count). The molecule has 4 aromatic rings. The molecule has 1 aliphatic heterocycles. The van der Waals surface area contributed by atoms with Crippen molar-refractivity contribution >= 4 is 52.4 Å². The number of benzene rings is 4. The van der Waals surface area contributed by atoms with Crippen LogP contribution in [0.1, 0.15) is 50.2 Å². The Morgan fingerprint density at radius 3 is 2.35 bits per heavy atom. The van der Waals surface area contributed by atoms with Crippen molar-refractivity contribution in [3.8, 4) is 5.75 Å². The summed E-state index contributed by atoms with van der Waals surface area (Å²) in [6, 6.07) is 24.0. The number of methoxy groups -OCH3 is 1. The van der Waals surface area contributed by atoms with Crippen LogP contribution >= 0.6 is 23.4 Å². The van der Waals surface area contributed by atoms with Crippen molar-refractivity contribution in [2.75, 3.05) is 12.4 Å². The monoisotopic (exact) mass is 659 g/mol. The molecule has 0 saturated heterocycles. The van der Waals surface area contributed by atoms with Crippen molar-refractivity contribution in [1.29, 1.82) is 0 Å². The number of non-ortho nitro benzene ring substituents is 1. The molecule has 5 atom stereocenters. The summed E-state index contributed by atoms with van der Waals surface area (Å²) in [4.78, 5) is 48.3. The number of nitrogens with one attached hydrogen (secondary N) is 1. The van der Waals surface area contributed by atoms with Crippen LogP contribution in [0.3, 0.4) is 0 Å². The minimum atomic E-state index is -0.678. The van der Waals surface area contributed by atoms with Gasteiger partial charge in [-0.3, -0.25) is 20.2 Å². The first kappa shape index (κ1) is 31.1. The van der Waals surface area contributed by atoms with Gasteiger partial charge in [-0.2, -0.15) is 0 Å². The number of ether oxygens (including phenoxy) is 2. The number of nitro benzene ring substituents is 2. The summed E-state index contributed by atoms with van der Waals surface area (Å²) in [7, 11) is 1.24. The molecule has 1 aliphatic carbocycles. The summed E-state index contributed by atoms with van der Waals surface area (Å²) < 4.78 is 10.4. The number of para-hydroxylation sites is 2. The summed E-state index contributed by atoms with van der Waals surface area (Å²) >= 11 is 8.59. The highest BCUT2D eigenvalue weighted by Crippen LogP contribution is 2.58. The van der Waals surface area contributed by atoms with Gasteiger partial charge in [-0.15, -0.1) is 23.4 Å². The standard InChI is InChI=1S/C33H26ClN3O8S/c1-44-33(39)21-6-2-4-8-26(21)45-32(38)19-12-15-24-22(16-19)29-23(31(35-24)18-10-13-20(14-11-18)36(40)41)17-28(30(29)34)46-27-9-5-3-7-25(27)37(42)43/h2-16,23,28-31,35H,17H2,1H3/t23-,28-,29+,30-,31+/m1/s1. The van der Waals surface area contributed by atoms with Crippen LogP contribution in [-0.4, -0.2) is 39.5 Å². The second-order valence-electron chi connectivity index (χ2n) is 10.9. The molecule has 1 heterocycles. The number of halogens is 1. The molecule has 0 radical (unpaired) electrons. The molecule has 1 saturated carbocycles. The number of nitrogens with zero attached hydrogens (tertiary/aromatic N) is 2. The van der Waals surface area contributed by atoms with Crippen LogP contribution < -0.4 is 10.1 Å². The summed E-state index contributed by atoms with van der Waals surface area (Å²) in [5.74, 6) is -1.67. The number of esters is 2. The smallest absolute Gasteiger partial charge is 0.343 e. The van der Waals surface area contributed by atoms with E-state index in [4.69, 9.17) is 21.1 Å². The van der Waals surface area contributed by atoms with Crippen LogP contribution in [-0.2, 0) is 4.74 Å². The van der Waals surface area contributed by atoms with E-state index in [0.717, 1.165) is 16.8 Å². The maximum Gasteiger partial charge on any atom is 0.343 e. The number of thioether (sulfide) groups is 1. The van der Waals surface area contributed by atoms with E-state index in [1.165, 1.54) is 49.2 Å². The number of rotatable bonds is 8. The maximum absolute atomic E-state index is 13.4. The molecule has 2 aliphatic rings. The summed E-state index contributed by atoms with van der Waals surface area (Å²) in [6.45, 7) is 0. The lowest BCUT2D eigenvalue weighted by Crippen LogP contribution is -2.31. The second-order valence-corrected chi connectivity index (χ2v) is 12.7. The number of fused-ring (bicyclic) bond motifs is 3. The van der Waals surface area contributed by atoms with E-state index in [2.05, 4.69) is 5.32 Å². The molecule has 0 bridgehead atoms. The van der Waals surface area contributed by atoms with Crippen LogP contribution in [0.2, 0.25) is 0 Å². The SMILES string of the molecule is COC(=O)c1ccccc1OC(=O)c1ccc2c(c1)[C@@H]1[C@H](Cl)[C@H](Sc3ccccc3[N+](=O)[O-])C[C@H]1[C@H](c1ccc([N+](=O)[O-])cc1)N2. The Labute approximate surface area is 272 Å². The van der Waals surface area contributed by atoms with E-state index in [-0.39, 0.29) is 51.4 Å². The Morgan fingerprint density at radius 2 is 1.63 bits per heavy atom. The van der Waals surface area contributed by atoms with Gasteiger partial charge in [0.05, 0.1) is 38.8 Å². The lowest BCUT2D eigenvalue weighted by Gasteiger charge is -2.38. The average Bonchev–Trinajstić information content (AvgIpc) is 3.39. The first-order chi connectivity index (χ1) is 22.2. The molecule has 0 spiro atoms. The number of carbonyl (C=O) groups excluding carboxylic acids is 2. The maximum atomic E-state index is 13.4. The number of alkyl halides is 1. The normalized spacial score (nSPS) is 21.3. The number of nitro groups is 2. The third-order valence-electron chi connectivity index (χ3n) is 8.35. The highest BCUT2D eigenvalue weighted by atomic mass is 35.5. The van der Waals surface area contributed by atoms with E-state index in [1.54, 1.807) is 60.7 Å². The predicted octanol–water partition coefficient (Wildman–Crippen LogP) is 7.55. The first-order valence-corrected chi connectivity index (χ1v) is 15.6. The Bertz CT molecular complexity index is 1850. The number of hydrogen-bond donors (Lipinski definition) is 1. The predicted molar refractivity (Wildman–Crippen MR) is 172 cm³/mol. The van der Waals surface area contributed by atoms with Crippen LogP contribution in [0.15, 0.2) is 95.9 Å². The van der Waals surface area contributed by atoms with Gasteiger partial charge in [-0.05, 0) is 59.9 Å². The largest absolute Gasteiger partial charge is 0.465 e. The van der Waals surface area contributed by atoms with Crippen molar-refractivity contribution in [3.05, 3.63) is 133 Å². The Morgan fingerprint density at radius 1 is 0.913 bits per heavy atom.